The second kappa shape index (κ2) is 15.1. The van der Waals surface area contributed by atoms with Gasteiger partial charge in [-0.2, -0.15) is 0 Å². The maximum Gasteiger partial charge on any atom is 0.339 e. The summed E-state index contributed by atoms with van der Waals surface area (Å²) in [5.74, 6) is -4.52. The molecule has 0 saturated heterocycles. The Labute approximate surface area is 201 Å². The van der Waals surface area contributed by atoms with Crippen molar-refractivity contribution < 1.29 is 38.9 Å². The van der Waals surface area contributed by atoms with Crippen molar-refractivity contribution in [3.05, 3.63) is 34.4 Å². The number of rotatable bonds is 16. The van der Waals surface area contributed by atoms with Crippen molar-refractivity contribution >= 4 is 23.9 Å². The monoisotopic (exact) mass is 478 g/mol. The summed E-state index contributed by atoms with van der Waals surface area (Å²) in [7, 11) is 0. The number of unbranched alkanes of at least 4 members (excludes halogenated alkanes) is 2. The number of benzene rings is 1. The number of ether oxygens (including phenoxy) is 2. The number of aromatic carboxylic acids is 2. The van der Waals surface area contributed by atoms with Crippen molar-refractivity contribution in [3.63, 3.8) is 0 Å². The number of carboxylic acid groups (broad SMARTS) is 2. The van der Waals surface area contributed by atoms with Gasteiger partial charge in [0.2, 0.25) is 0 Å². The Morgan fingerprint density at radius 1 is 0.676 bits per heavy atom. The summed E-state index contributed by atoms with van der Waals surface area (Å²) in [6, 6.07) is 1.79. The van der Waals surface area contributed by atoms with Gasteiger partial charge in [0.25, 0.3) is 0 Å². The summed E-state index contributed by atoms with van der Waals surface area (Å²) in [4.78, 5) is 49.0. The molecule has 2 atom stereocenters. The summed E-state index contributed by atoms with van der Waals surface area (Å²) < 4.78 is 10.8. The van der Waals surface area contributed by atoms with Gasteiger partial charge in [0.15, 0.2) is 0 Å². The lowest BCUT2D eigenvalue weighted by Gasteiger charge is -2.18. The molecule has 8 nitrogen and oxygen atoms in total. The van der Waals surface area contributed by atoms with Gasteiger partial charge >= 0.3 is 23.9 Å². The van der Waals surface area contributed by atoms with E-state index >= 15 is 0 Å². The summed E-state index contributed by atoms with van der Waals surface area (Å²) in [6.07, 6.45) is 7.36. The van der Waals surface area contributed by atoms with Crippen LogP contribution in [0.5, 0.6) is 0 Å². The Bertz CT molecular complexity index is 776. The van der Waals surface area contributed by atoms with E-state index in [2.05, 4.69) is 13.8 Å². The van der Waals surface area contributed by atoms with Crippen LogP contribution in [0.1, 0.15) is 120 Å². The van der Waals surface area contributed by atoms with Crippen molar-refractivity contribution in [3.8, 4) is 0 Å². The van der Waals surface area contributed by atoms with E-state index in [0.717, 1.165) is 63.5 Å². The van der Waals surface area contributed by atoms with Crippen LogP contribution < -0.4 is 0 Å². The molecular weight excluding hydrogens is 440 g/mol. The molecule has 0 aliphatic heterocycles. The molecule has 0 amide bonds. The van der Waals surface area contributed by atoms with Crippen LogP contribution in [0.25, 0.3) is 0 Å². The van der Waals surface area contributed by atoms with Crippen molar-refractivity contribution in [1.82, 2.24) is 0 Å². The highest BCUT2D eigenvalue weighted by molar-refractivity contribution is 6.09. The van der Waals surface area contributed by atoms with Gasteiger partial charge < -0.3 is 19.7 Å². The summed E-state index contributed by atoms with van der Waals surface area (Å²) >= 11 is 0. The zero-order chi connectivity index (χ0) is 25.7. The van der Waals surface area contributed by atoms with E-state index in [1.165, 1.54) is 0 Å². The van der Waals surface area contributed by atoms with Gasteiger partial charge in [-0.25, -0.2) is 19.2 Å². The summed E-state index contributed by atoms with van der Waals surface area (Å²) in [6.45, 7) is 8.37. The molecule has 1 aromatic carbocycles. The van der Waals surface area contributed by atoms with E-state index in [-0.39, 0.29) is 36.2 Å². The van der Waals surface area contributed by atoms with E-state index in [1.807, 2.05) is 13.8 Å². The number of hydrogen-bond donors (Lipinski definition) is 2. The van der Waals surface area contributed by atoms with Gasteiger partial charge in [-0.05, 0) is 36.8 Å². The number of esters is 2. The van der Waals surface area contributed by atoms with Crippen LogP contribution in [0, 0.1) is 11.8 Å². The molecule has 0 radical (unpaired) electrons. The fraction of sp³-hybridized carbons (Fsp3) is 0.615. The lowest BCUT2D eigenvalue weighted by atomic mass is 9.97. The molecular formula is C26H38O8. The maximum absolute atomic E-state index is 12.9. The van der Waals surface area contributed by atoms with Crippen molar-refractivity contribution in [1.29, 1.82) is 0 Å². The van der Waals surface area contributed by atoms with Gasteiger partial charge in [-0.1, -0.05) is 66.2 Å². The number of carbonyl (C=O) groups excluding carboxylic acids is 2. The third-order valence-corrected chi connectivity index (χ3v) is 6.05. The Morgan fingerprint density at radius 2 is 1.03 bits per heavy atom. The number of carbonyl (C=O) groups is 4. The molecule has 2 unspecified atom stereocenters. The second-order valence-electron chi connectivity index (χ2n) is 8.58. The third kappa shape index (κ3) is 8.80. The van der Waals surface area contributed by atoms with Gasteiger partial charge in [-0.3, -0.25) is 0 Å². The van der Waals surface area contributed by atoms with Crippen LogP contribution in [0.2, 0.25) is 0 Å². The average Bonchev–Trinajstić information content (AvgIpc) is 2.82. The zero-order valence-corrected chi connectivity index (χ0v) is 20.7. The van der Waals surface area contributed by atoms with Crippen LogP contribution in [-0.2, 0) is 9.47 Å². The van der Waals surface area contributed by atoms with Crippen LogP contribution in [-0.4, -0.2) is 47.3 Å². The molecule has 1 aromatic rings. The van der Waals surface area contributed by atoms with E-state index in [1.54, 1.807) is 0 Å². The molecule has 0 aromatic heterocycles. The fourth-order valence-electron chi connectivity index (χ4n) is 3.63. The van der Waals surface area contributed by atoms with E-state index in [9.17, 15) is 29.4 Å². The van der Waals surface area contributed by atoms with Gasteiger partial charge in [-0.15, -0.1) is 0 Å². The standard InChI is InChI=1S/C26H38O8/c1-5-9-11-17(7-3)15-33-25(31)21-13-19(23(27)28)20(24(29)30)14-22(21)26(32)34-16-18(8-4)12-10-6-2/h13-14,17-18H,5-12,15-16H2,1-4H3,(H,27,28)(H,29,30). The minimum atomic E-state index is -1.52. The van der Waals surface area contributed by atoms with Gasteiger partial charge in [0.05, 0.1) is 35.5 Å². The topological polar surface area (TPSA) is 127 Å². The SMILES string of the molecule is CCCCC(CC)COC(=O)c1cc(C(=O)O)c(C(=O)O)cc1C(=O)OCC(CC)CCCC. The fourth-order valence-corrected chi connectivity index (χ4v) is 3.63. The molecule has 0 saturated carbocycles. The van der Waals surface area contributed by atoms with Crippen LogP contribution in [0.3, 0.4) is 0 Å². The minimum Gasteiger partial charge on any atom is -0.478 e. The molecule has 34 heavy (non-hydrogen) atoms. The molecule has 2 N–H and O–H groups in total. The molecule has 8 heteroatoms. The highest BCUT2D eigenvalue weighted by atomic mass is 16.5. The van der Waals surface area contributed by atoms with Gasteiger partial charge in [0.1, 0.15) is 0 Å². The smallest absolute Gasteiger partial charge is 0.339 e. The summed E-state index contributed by atoms with van der Waals surface area (Å²) in [5.41, 5.74) is -1.80. The van der Waals surface area contributed by atoms with Crippen molar-refractivity contribution in [2.75, 3.05) is 13.2 Å². The Kier molecular flexibility index (Phi) is 12.9. The predicted molar refractivity (Wildman–Crippen MR) is 128 cm³/mol. The highest BCUT2D eigenvalue weighted by Crippen LogP contribution is 2.22. The first-order valence-corrected chi connectivity index (χ1v) is 12.2. The van der Waals surface area contributed by atoms with Crippen molar-refractivity contribution in [2.45, 2.75) is 79.1 Å². The first-order chi connectivity index (χ1) is 16.2. The van der Waals surface area contributed by atoms with Crippen LogP contribution in [0.4, 0.5) is 0 Å². The third-order valence-electron chi connectivity index (χ3n) is 6.05. The molecule has 0 heterocycles. The Balaban J connectivity index is 3.25. The molecule has 0 aliphatic rings. The molecule has 0 fully saturated rings. The van der Waals surface area contributed by atoms with Crippen LogP contribution >= 0.6 is 0 Å². The molecule has 0 aliphatic carbocycles. The maximum atomic E-state index is 12.9. The largest absolute Gasteiger partial charge is 0.478 e. The Morgan fingerprint density at radius 3 is 1.29 bits per heavy atom. The van der Waals surface area contributed by atoms with E-state index in [4.69, 9.17) is 9.47 Å². The first kappa shape index (κ1) is 29.1. The highest BCUT2D eigenvalue weighted by Gasteiger charge is 2.28. The minimum absolute atomic E-state index is 0.127. The number of carboxylic acids is 2. The first-order valence-electron chi connectivity index (χ1n) is 12.2. The van der Waals surface area contributed by atoms with Crippen molar-refractivity contribution in [2.24, 2.45) is 11.8 Å². The Hall–Kier alpha value is -2.90. The predicted octanol–water partition coefficient (Wildman–Crippen LogP) is 5.83. The molecule has 1 rings (SSSR count). The quantitative estimate of drug-likeness (QED) is 0.284. The second-order valence-corrected chi connectivity index (χ2v) is 8.58. The number of hydrogen-bond acceptors (Lipinski definition) is 6. The summed E-state index contributed by atoms with van der Waals surface area (Å²) in [5, 5.41) is 18.9. The van der Waals surface area contributed by atoms with Gasteiger partial charge in [0, 0.05) is 0 Å². The van der Waals surface area contributed by atoms with Crippen LogP contribution in [0.15, 0.2) is 12.1 Å². The van der Waals surface area contributed by atoms with E-state index < -0.39 is 35.0 Å². The molecule has 0 spiro atoms. The lowest BCUT2D eigenvalue weighted by Crippen LogP contribution is -2.21. The molecule has 0 bridgehead atoms. The zero-order valence-electron chi connectivity index (χ0n) is 20.7. The average molecular weight is 479 g/mol. The normalized spacial score (nSPS) is 12.6. The lowest BCUT2D eigenvalue weighted by molar-refractivity contribution is 0.0380. The van der Waals surface area contributed by atoms with E-state index in [0.29, 0.717) is 0 Å². The molecule has 190 valence electrons.